The van der Waals surface area contributed by atoms with E-state index in [1.165, 1.54) is 4.68 Å². The first-order valence-electron chi connectivity index (χ1n) is 13.3. The van der Waals surface area contributed by atoms with Crippen LogP contribution >= 0.6 is 11.6 Å². The predicted octanol–water partition coefficient (Wildman–Crippen LogP) is 6.03. The number of amides is 1. The van der Waals surface area contributed by atoms with Gasteiger partial charge in [-0.25, -0.2) is 4.98 Å². The summed E-state index contributed by atoms with van der Waals surface area (Å²) in [5, 5.41) is 20.3. The third kappa shape index (κ3) is 7.54. The average molecular weight is 594 g/mol. The Morgan fingerprint density at radius 2 is 1.95 bits per heavy atom. The lowest BCUT2D eigenvalue weighted by atomic mass is 9.79. The highest BCUT2D eigenvalue weighted by Crippen LogP contribution is 2.41. The Morgan fingerprint density at radius 3 is 2.52 bits per heavy atom. The lowest BCUT2D eigenvalue weighted by Crippen LogP contribution is -2.45. The fraction of sp³-hybridized carbons (Fsp3) is 0.654. The number of carbonyl (C=O) groups excluding carboxylic acids is 1. The molecule has 0 bridgehead atoms. The molecule has 2 aliphatic carbocycles. The van der Waals surface area contributed by atoms with E-state index in [0.717, 1.165) is 25.1 Å². The normalized spacial score (nSPS) is 22.3. The fourth-order valence-corrected chi connectivity index (χ4v) is 5.36. The molecule has 222 valence electrons. The number of nitrogens with zero attached hydrogens (tertiary/aromatic N) is 3. The zero-order valence-corrected chi connectivity index (χ0v) is 23.0. The highest BCUT2D eigenvalue weighted by atomic mass is 35.5. The molecule has 0 aromatic carbocycles. The Bertz CT molecular complexity index is 1200. The molecule has 0 radical (unpaired) electrons. The second kappa shape index (κ2) is 12.1. The van der Waals surface area contributed by atoms with E-state index in [4.69, 9.17) is 16.3 Å². The molecule has 2 saturated carbocycles. The lowest BCUT2D eigenvalue weighted by molar-refractivity contribution is -0.138. The number of aryl methyl sites for hydroxylation is 1. The first kappa shape index (κ1) is 30.3. The largest absolute Gasteiger partial charge is 0.434 e. The van der Waals surface area contributed by atoms with Crippen molar-refractivity contribution in [3.63, 3.8) is 0 Å². The van der Waals surface area contributed by atoms with Gasteiger partial charge < -0.3 is 20.5 Å². The van der Waals surface area contributed by atoms with Crippen molar-refractivity contribution in [2.45, 2.75) is 89.8 Å². The first-order chi connectivity index (χ1) is 18.8. The van der Waals surface area contributed by atoms with Crippen molar-refractivity contribution in [2.75, 3.05) is 11.9 Å². The van der Waals surface area contributed by atoms with Gasteiger partial charge in [-0.15, -0.1) is 0 Å². The predicted molar refractivity (Wildman–Crippen MR) is 138 cm³/mol. The fourth-order valence-electron chi connectivity index (χ4n) is 5.04. The topological polar surface area (TPSA) is 101 Å². The number of rotatable bonds is 11. The number of aliphatic hydroxyl groups is 1. The van der Waals surface area contributed by atoms with Crippen LogP contribution in [0.2, 0.25) is 5.02 Å². The molecule has 2 heterocycles. The molecular weight excluding hydrogens is 561 g/mol. The van der Waals surface area contributed by atoms with Gasteiger partial charge in [0.1, 0.15) is 11.6 Å². The summed E-state index contributed by atoms with van der Waals surface area (Å²) >= 11 is 6.55. The van der Waals surface area contributed by atoms with Crippen LogP contribution in [0.3, 0.4) is 0 Å². The van der Waals surface area contributed by atoms with Crippen molar-refractivity contribution in [1.82, 2.24) is 20.1 Å². The molecule has 40 heavy (non-hydrogen) atoms. The quantitative estimate of drug-likeness (QED) is 0.275. The van der Waals surface area contributed by atoms with Crippen LogP contribution in [-0.2, 0) is 6.54 Å². The van der Waals surface area contributed by atoms with Crippen LogP contribution in [0.4, 0.5) is 27.8 Å². The zero-order valence-electron chi connectivity index (χ0n) is 22.2. The Morgan fingerprint density at radius 1 is 1.27 bits per heavy atom. The Balaban J connectivity index is 1.60. The molecule has 2 aromatic heterocycles. The molecule has 8 nitrogen and oxygen atoms in total. The SMILES string of the molecule is CCn1nc(C(=O)NCC2(O)CCC(C)CC2)c(Cl)c1-c1cnc(NC(CC(F)(F)F)C2CC2)cc1OC(F)F. The van der Waals surface area contributed by atoms with Gasteiger partial charge in [-0.05, 0) is 57.3 Å². The first-order valence-corrected chi connectivity index (χ1v) is 13.7. The molecule has 1 atom stereocenters. The van der Waals surface area contributed by atoms with E-state index in [1.807, 2.05) is 0 Å². The Hall–Kier alpha value is -2.67. The monoisotopic (exact) mass is 593 g/mol. The van der Waals surface area contributed by atoms with E-state index in [0.29, 0.717) is 31.6 Å². The van der Waals surface area contributed by atoms with E-state index in [9.17, 15) is 31.9 Å². The number of alkyl halides is 5. The molecule has 2 aromatic rings. The molecule has 0 aliphatic heterocycles. The average Bonchev–Trinajstić information content (AvgIpc) is 3.67. The van der Waals surface area contributed by atoms with Crippen LogP contribution in [0.5, 0.6) is 5.75 Å². The van der Waals surface area contributed by atoms with Gasteiger partial charge in [-0.1, -0.05) is 18.5 Å². The number of pyridine rings is 1. The van der Waals surface area contributed by atoms with Crippen molar-refractivity contribution in [1.29, 1.82) is 0 Å². The van der Waals surface area contributed by atoms with E-state index in [-0.39, 0.29) is 52.5 Å². The summed E-state index contributed by atoms with van der Waals surface area (Å²) in [6.45, 7) is 0.767. The minimum Gasteiger partial charge on any atom is -0.434 e. The maximum Gasteiger partial charge on any atom is 0.391 e. The number of hydrogen-bond acceptors (Lipinski definition) is 6. The molecule has 0 spiro atoms. The molecule has 1 unspecified atom stereocenters. The van der Waals surface area contributed by atoms with E-state index in [1.54, 1.807) is 6.92 Å². The van der Waals surface area contributed by atoms with Gasteiger partial charge in [0, 0.05) is 31.4 Å². The van der Waals surface area contributed by atoms with Gasteiger partial charge in [-0.3, -0.25) is 9.48 Å². The van der Waals surface area contributed by atoms with Crippen molar-refractivity contribution in [2.24, 2.45) is 11.8 Å². The van der Waals surface area contributed by atoms with Gasteiger partial charge in [0.15, 0.2) is 5.69 Å². The molecule has 14 heteroatoms. The number of anilines is 1. The van der Waals surface area contributed by atoms with Crippen molar-refractivity contribution >= 4 is 23.3 Å². The zero-order chi connectivity index (χ0) is 29.2. The highest BCUT2D eigenvalue weighted by molar-refractivity contribution is 6.36. The summed E-state index contributed by atoms with van der Waals surface area (Å²) in [7, 11) is 0. The minimum absolute atomic E-state index is 0.00491. The second-order valence-corrected chi connectivity index (χ2v) is 11.1. The summed E-state index contributed by atoms with van der Waals surface area (Å²) in [5.74, 6) is -0.796. The number of hydrogen-bond donors (Lipinski definition) is 3. The van der Waals surface area contributed by atoms with Crippen LogP contribution < -0.4 is 15.4 Å². The number of halogens is 6. The lowest BCUT2D eigenvalue weighted by Gasteiger charge is -2.34. The standard InChI is InChI=1S/C26H33ClF5N5O3/c1-3-37-22(20(27)21(36-37)23(38)34-13-25(39)8-6-14(2)7-9-25)16-12-33-19(10-18(16)40-24(28)29)35-17(15-4-5-15)11-26(30,31)32/h10,12,14-15,17,24,39H,3-9,11,13H2,1-2H3,(H,33,35)(H,34,38). The molecule has 2 aliphatic rings. The van der Waals surface area contributed by atoms with E-state index >= 15 is 0 Å². The highest BCUT2D eigenvalue weighted by Gasteiger charge is 2.40. The summed E-state index contributed by atoms with van der Waals surface area (Å²) in [6, 6.07) is 0.135. The molecule has 0 saturated heterocycles. The smallest absolute Gasteiger partial charge is 0.391 e. The molecule has 3 N–H and O–H groups in total. The van der Waals surface area contributed by atoms with Gasteiger partial charge in [0.25, 0.3) is 5.91 Å². The molecule has 1 amide bonds. The number of carbonyl (C=O) groups is 1. The van der Waals surface area contributed by atoms with Crippen molar-refractivity contribution in [3.05, 3.63) is 23.0 Å². The van der Waals surface area contributed by atoms with Gasteiger partial charge in [0.05, 0.1) is 28.3 Å². The maximum absolute atomic E-state index is 13.4. The van der Waals surface area contributed by atoms with Gasteiger partial charge >= 0.3 is 12.8 Å². The van der Waals surface area contributed by atoms with E-state index < -0.39 is 36.8 Å². The Labute approximate surface area is 233 Å². The minimum atomic E-state index is -4.41. The molecule has 2 fully saturated rings. The molecular formula is C26H33ClF5N5O3. The number of aromatic nitrogens is 3. The second-order valence-electron chi connectivity index (χ2n) is 10.8. The van der Waals surface area contributed by atoms with Crippen LogP contribution in [0.25, 0.3) is 11.3 Å². The van der Waals surface area contributed by atoms with Gasteiger partial charge in [-0.2, -0.15) is 27.1 Å². The van der Waals surface area contributed by atoms with Gasteiger partial charge in [0.2, 0.25) is 0 Å². The van der Waals surface area contributed by atoms with Crippen LogP contribution in [0, 0.1) is 11.8 Å². The maximum atomic E-state index is 13.4. The summed E-state index contributed by atoms with van der Waals surface area (Å²) in [5.41, 5.74) is -1.14. The third-order valence-electron chi connectivity index (χ3n) is 7.51. The van der Waals surface area contributed by atoms with Crippen LogP contribution in [0.1, 0.15) is 69.3 Å². The van der Waals surface area contributed by atoms with Crippen LogP contribution in [-0.4, -0.2) is 56.8 Å². The van der Waals surface area contributed by atoms with Crippen molar-refractivity contribution < 1.29 is 36.6 Å². The third-order valence-corrected chi connectivity index (χ3v) is 7.86. The van der Waals surface area contributed by atoms with E-state index in [2.05, 4.69) is 27.6 Å². The number of nitrogens with one attached hydrogen (secondary N) is 2. The van der Waals surface area contributed by atoms with Crippen LogP contribution in [0.15, 0.2) is 12.3 Å². The summed E-state index contributed by atoms with van der Waals surface area (Å²) in [6.07, 6.45) is -0.339. The van der Waals surface area contributed by atoms with Crippen molar-refractivity contribution in [3.8, 4) is 17.0 Å². The summed E-state index contributed by atoms with van der Waals surface area (Å²) in [4.78, 5) is 17.1. The Kier molecular flexibility index (Phi) is 9.13. The summed E-state index contributed by atoms with van der Waals surface area (Å²) < 4.78 is 72.0. The number of ether oxygens (including phenoxy) is 1. The molecule has 4 rings (SSSR count).